The third-order valence-corrected chi connectivity index (χ3v) is 6.21. The van der Waals surface area contributed by atoms with Crippen molar-refractivity contribution in [2.75, 3.05) is 71.9 Å². The van der Waals surface area contributed by atoms with Gasteiger partial charge >= 0.3 is 0 Å². The van der Waals surface area contributed by atoms with Crippen LogP contribution in [0.15, 0.2) is 29.3 Å². The van der Waals surface area contributed by atoms with Gasteiger partial charge in [-0.3, -0.25) is 9.89 Å². The van der Waals surface area contributed by atoms with Crippen LogP contribution in [0.2, 0.25) is 0 Å². The Morgan fingerprint density at radius 1 is 1.07 bits per heavy atom. The first-order valence-electron chi connectivity index (χ1n) is 11.3. The van der Waals surface area contributed by atoms with Crippen LogP contribution >= 0.6 is 0 Å². The number of guanidine groups is 1. The molecule has 1 unspecified atom stereocenters. The van der Waals surface area contributed by atoms with Gasteiger partial charge in [-0.15, -0.1) is 0 Å². The predicted molar refractivity (Wildman–Crippen MR) is 124 cm³/mol. The summed E-state index contributed by atoms with van der Waals surface area (Å²) in [6.07, 6.45) is 4.01. The number of nitrogens with zero attached hydrogens (tertiary/aromatic N) is 5. The Balaban J connectivity index is 1.59. The molecule has 1 N–H and O–H groups in total. The van der Waals surface area contributed by atoms with E-state index in [-0.39, 0.29) is 0 Å². The standard InChI is InChI=1S/C23H40N6/c1-5-24-23(25-17-22-19-26(2)15-16-27(22)3)28(4)18-20-9-11-21(12-10-20)29-13-7-6-8-14-29/h9-12,22H,5-8,13-19H2,1-4H3,(H,24,25). The van der Waals surface area contributed by atoms with Crippen LogP contribution in [0.5, 0.6) is 0 Å². The smallest absolute Gasteiger partial charge is 0.194 e. The molecule has 0 radical (unpaired) electrons. The fourth-order valence-corrected chi connectivity index (χ4v) is 4.27. The number of likely N-dealkylation sites (N-methyl/N-ethyl adjacent to an activating group) is 2. The number of hydrogen-bond donors (Lipinski definition) is 1. The zero-order valence-corrected chi connectivity index (χ0v) is 18.9. The van der Waals surface area contributed by atoms with Gasteiger partial charge in [0, 0.05) is 64.6 Å². The first-order valence-corrected chi connectivity index (χ1v) is 11.3. The molecular formula is C23H40N6. The van der Waals surface area contributed by atoms with E-state index < -0.39 is 0 Å². The van der Waals surface area contributed by atoms with Crippen molar-refractivity contribution in [1.29, 1.82) is 0 Å². The number of aliphatic imine (C=N–C) groups is 1. The van der Waals surface area contributed by atoms with E-state index in [4.69, 9.17) is 4.99 Å². The number of benzene rings is 1. The number of piperazine rings is 1. The van der Waals surface area contributed by atoms with Crippen molar-refractivity contribution in [1.82, 2.24) is 20.0 Å². The summed E-state index contributed by atoms with van der Waals surface area (Å²) in [5, 5.41) is 3.47. The first kappa shape index (κ1) is 21.9. The minimum Gasteiger partial charge on any atom is -0.372 e. The quantitative estimate of drug-likeness (QED) is 0.586. The molecule has 2 saturated heterocycles. The van der Waals surface area contributed by atoms with Crippen LogP contribution in [0.1, 0.15) is 31.7 Å². The zero-order valence-electron chi connectivity index (χ0n) is 18.9. The van der Waals surface area contributed by atoms with E-state index >= 15 is 0 Å². The molecule has 0 saturated carbocycles. The molecule has 1 aromatic rings. The molecule has 0 spiro atoms. The summed E-state index contributed by atoms with van der Waals surface area (Å²) in [5.41, 5.74) is 2.69. The Bertz CT molecular complexity index is 637. The average Bonchev–Trinajstić information content (AvgIpc) is 2.74. The van der Waals surface area contributed by atoms with E-state index in [9.17, 15) is 0 Å². The summed E-state index contributed by atoms with van der Waals surface area (Å²) in [6, 6.07) is 9.60. The summed E-state index contributed by atoms with van der Waals surface area (Å²) in [5.74, 6) is 0.995. The van der Waals surface area contributed by atoms with Gasteiger partial charge in [-0.1, -0.05) is 12.1 Å². The lowest BCUT2D eigenvalue weighted by Gasteiger charge is -2.37. The second-order valence-electron chi connectivity index (χ2n) is 8.66. The Kier molecular flexibility index (Phi) is 8.19. The first-order chi connectivity index (χ1) is 14.1. The average molecular weight is 401 g/mol. The van der Waals surface area contributed by atoms with Crippen molar-refractivity contribution in [2.24, 2.45) is 4.99 Å². The molecule has 2 fully saturated rings. The minimum absolute atomic E-state index is 0.486. The molecule has 29 heavy (non-hydrogen) atoms. The van der Waals surface area contributed by atoms with Crippen molar-refractivity contribution < 1.29 is 0 Å². The third kappa shape index (κ3) is 6.34. The summed E-state index contributed by atoms with van der Waals surface area (Å²) in [4.78, 5) is 14.6. The minimum atomic E-state index is 0.486. The maximum absolute atomic E-state index is 4.96. The van der Waals surface area contributed by atoms with Crippen LogP contribution in [-0.2, 0) is 6.54 Å². The van der Waals surface area contributed by atoms with Gasteiger partial charge in [-0.2, -0.15) is 0 Å². The Labute approximate surface area is 177 Å². The van der Waals surface area contributed by atoms with E-state index in [0.717, 1.165) is 45.2 Å². The summed E-state index contributed by atoms with van der Waals surface area (Å²) < 4.78 is 0. The fraction of sp³-hybridized carbons (Fsp3) is 0.696. The summed E-state index contributed by atoms with van der Waals surface area (Å²) >= 11 is 0. The Morgan fingerprint density at radius 2 is 1.79 bits per heavy atom. The topological polar surface area (TPSA) is 37.4 Å². The van der Waals surface area contributed by atoms with Crippen LogP contribution in [0, 0.1) is 0 Å². The van der Waals surface area contributed by atoms with Crippen LogP contribution in [0.3, 0.4) is 0 Å². The van der Waals surface area contributed by atoms with Gasteiger partial charge in [-0.05, 0) is 58.0 Å². The third-order valence-electron chi connectivity index (χ3n) is 6.21. The normalized spacial score (nSPS) is 22.0. The highest BCUT2D eigenvalue weighted by molar-refractivity contribution is 5.79. The Morgan fingerprint density at radius 3 is 2.48 bits per heavy atom. The molecule has 0 bridgehead atoms. The van der Waals surface area contributed by atoms with Gasteiger partial charge in [0.05, 0.1) is 6.54 Å². The van der Waals surface area contributed by atoms with Crippen LogP contribution < -0.4 is 10.2 Å². The molecule has 2 aliphatic heterocycles. The van der Waals surface area contributed by atoms with Crippen molar-refractivity contribution >= 4 is 11.6 Å². The molecule has 0 aromatic heterocycles. The molecule has 1 atom stereocenters. The SMILES string of the molecule is CCNC(=NCC1CN(C)CCN1C)N(C)Cc1ccc(N2CCCCC2)cc1. The van der Waals surface area contributed by atoms with Crippen molar-refractivity contribution in [3.05, 3.63) is 29.8 Å². The second kappa shape index (κ2) is 10.8. The van der Waals surface area contributed by atoms with E-state index in [1.165, 1.54) is 43.6 Å². The van der Waals surface area contributed by atoms with Crippen molar-refractivity contribution in [2.45, 2.75) is 38.8 Å². The van der Waals surface area contributed by atoms with Gasteiger partial charge in [0.1, 0.15) is 0 Å². The molecule has 162 valence electrons. The maximum atomic E-state index is 4.96. The van der Waals surface area contributed by atoms with Crippen LogP contribution in [-0.4, -0.2) is 93.7 Å². The Hall–Kier alpha value is -1.79. The van der Waals surface area contributed by atoms with Gasteiger partial charge < -0.3 is 20.0 Å². The summed E-state index contributed by atoms with van der Waals surface area (Å²) in [6.45, 7) is 10.5. The molecule has 6 nitrogen and oxygen atoms in total. The number of anilines is 1. The van der Waals surface area contributed by atoms with Crippen LogP contribution in [0.4, 0.5) is 5.69 Å². The zero-order chi connectivity index (χ0) is 20.6. The monoisotopic (exact) mass is 400 g/mol. The molecule has 1 aromatic carbocycles. The molecule has 6 heteroatoms. The molecule has 2 aliphatic rings. The highest BCUT2D eigenvalue weighted by Crippen LogP contribution is 2.20. The molecule has 0 aliphatic carbocycles. The largest absolute Gasteiger partial charge is 0.372 e. The molecule has 0 amide bonds. The van der Waals surface area contributed by atoms with E-state index in [1.807, 2.05) is 0 Å². The number of piperidine rings is 1. The van der Waals surface area contributed by atoms with E-state index in [1.54, 1.807) is 0 Å². The van der Waals surface area contributed by atoms with Crippen molar-refractivity contribution in [3.8, 4) is 0 Å². The van der Waals surface area contributed by atoms with Gasteiger partial charge in [0.15, 0.2) is 5.96 Å². The molecule has 3 rings (SSSR count). The second-order valence-corrected chi connectivity index (χ2v) is 8.66. The fourth-order valence-electron chi connectivity index (χ4n) is 4.27. The van der Waals surface area contributed by atoms with Gasteiger partial charge in [0.25, 0.3) is 0 Å². The van der Waals surface area contributed by atoms with Gasteiger partial charge in [0.2, 0.25) is 0 Å². The van der Waals surface area contributed by atoms with Crippen LogP contribution in [0.25, 0.3) is 0 Å². The van der Waals surface area contributed by atoms with E-state index in [2.05, 4.69) is 77.2 Å². The highest BCUT2D eigenvalue weighted by Gasteiger charge is 2.22. The number of hydrogen-bond acceptors (Lipinski definition) is 4. The number of rotatable bonds is 6. The number of nitrogens with one attached hydrogen (secondary N) is 1. The highest BCUT2D eigenvalue weighted by atomic mass is 15.3. The van der Waals surface area contributed by atoms with Gasteiger partial charge in [-0.25, -0.2) is 0 Å². The molecular weight excluding hydrogens is 360 g/mol. The summed E-state index contributed by atoms with van der Waals surface area (Å²) in [7, 11) is 6.55. The lowest BCUT2D eigenvalue weighted by Crippen LogP contribution is -2.51. The molecule has 2 heterocycles. The predicted octanol–water partition coefficient (Wildman–Crippen LogP) is 2.32. The lowest BCUT2D eigenvalue weighted by atomic mass is 10.1. The lowest BCUT2D eigenvalue weighted by molar-refractivity contribution is 0.119. The maximum Gasteiger partial charge on any atom is 0.194 e. The van der Waals surface area contributed by atoms with Crippen molar-refractivity contribution in [3.63, 3.8) is 0 Å². The van der Waals surface area contributed by atoms with E-state index in [0.29, 0.717) is 6.04 Å².